The molecule has 1 aromatic carbocycles. The van der Waals surface area contributed by atoms with Crippen molar-refractivity contribution < 1.29 is 4.39 Å². The third-order valence-electron chi connectivity index (χ3n) is 5.22. The lowest BCUT2D eigenvalue weighted by atomic mass is 10.1. The van der Waals surface area contributed by atoms with E-state index in [1.165, 1.54) is 6.07 Å². The molecule has 32 heavy (non-hydrogen) atoms. The van der Waals surface area contributed by atoms with Crippen molar-refractivity contribution >= 4 is 28.8 Å². The maximum absolute atomic E-state index is 14.4. The van der Waals surface area contributed by atoms with E-state index in [9.17, 15) is 4.39 Å². The third kappa shape index (κ3) is 3.39. The van der Waals surface area contributed by atoms with Crippen LogP contribution in [0, 0.1) is 5.82 Å². The number of aromatic amines is 2. The van der Waals surface area contributed by atoms with Crippen LogP contribution in [-0.2, 0) is 0 Å². The Morgan fingerprint density at radius 3 is 2.69 bits per heavy atom. The fraction of sp³-hybridized carbons (Fsp3) is 0.0400. The van der Waals surface area contributed by atoms with Gasteiger partial charge in [0.1, 0.15) is 17.0 Å². The van der Waals surface area contributed by atoms with Crippen LogP contribution in [-0.4, -0.2) is 30.1 Å². The molecular weight excluding hydrogens is 403 g/mol. The lowest BCUT2D eigenvalue weighted by Gasteiger charge is -2.02. The fourth-order valence-corrected chi connectivity index (χ4v) is 3.63. The van der Waals surface area contributed by atoms with Gasteiger partial charge in [-0.05, 0) is 36.8 Å². The van der Waals surface area contributed by atoms with Gasteiger partial charge in [-0.3, -0.25) is 15.1 Å². The van der Waals surface area contributed by atoms with Crippen molar-refractivity contribution in [1.82, 2.24) is 30.1 Å². The largest absolute Gasteiger partial charge is 0.335 e. The zero-order valence-corrected chi connectivity index (χ0v) is 17.3. The molecular formula is C25H19FN6. The van der Waals surface area contributed by atoms with Crippen molar-refractivity contribution in [2.45, 2.75) is 6.92 Å². The highest BCUT2D eigenvalue weighted by atomic mass is 19.1. The Balaban J connectivity index is 1.69. The van der Waals surface area contributed by atoms with Crippen molar-refractivity contribution in [1.29, 1.82) is 0 Å². The number of benzene rings is 1. The predicted molar refractivity (Wildman–Crippen MR) is 124 cm³/mol. The number of pyridine rings is 2. The second-order valence-electron chi connectivity index (χ2n) is 7.22. The highest BCUT2D eigenvalue weighted by Crippen LogP contribution is 2.29. The molecule has 0 radical (unpaired) electrons. The Labute approximate surface area is 182 Å². The minimum absolute atomic E-state index is 0.324. The maximum Gasteiger partial charge on any atom is 0.159 e. The Morgan fingerprint density at radius 1 is 1.06 bits per heavy atom. The van der Waals surface area contributed by atoms with Crippen LogP contribution in [0.3, 0.4) is 0 Å². The number of imidazole rings is 1. The fourth-order valence-electron chi connectivity index (χ4n) is 3.63. The average molecular weight is 422 g/mol. The van der Waals surface area contributed by atoms with Crippen LogP contribution in [0.25, 0.3) is 51.4 Å². The molecule has 5 rings (SSSR count). The zero-order chi connectivity index (χ0) is 22.1. The Hall–Kier alpha value is -4.39. The Morgan fingerprint density at radius 2 is 1.91 bits per heavy atom. The van der Waals surface area contributed by atoms with Gasteiger partial charge in [-0.15, -0.1) is 0 Å². The molecule has 2 N–H and O–H groups in total. The monoisotopic (exact) mass is 422 g/mol. The molecule has 0 saturated carbocycles. The quantitative estimate of drug-likeness (QED) is 0.461. The lowest BCUT2D eigenvalue weighted by molar-refractivity contribution is 0.631. The zero-order valence-electron chi connectivity index (χ0n) is 17.3. The molecule has 6 nitrogen and oxygen atoms in total. The summed E-state index contributed by atoms with van der Waals surface area (Å²) in [6.45, 7) is 6.09. The van der Waals surface area contributed by atoms with Gasteiger partial charge in [-0.25, -0.2) is 9.37 Å². The molecule has 0 unspecified atom stereocenters. The first-order valence-corrected chi connectivity index (χ1v) is 10.1. The minimum atomic E-state index is -0.324. The number of hydrogen-bond donors (Lipinski definition) is 2. The van der Waals surface area contributed by atoms with Crippen LogP contribution in [0.1, 0.15) is 12.6 Å². The van der Waals surface area contributed by atoms with E-state index in [2.05, 4.69) is 31.7 Å². The van der Waals surface area contributed by atoms with Crippen molar-refractivity contribution in [3.8, 4) is 22.6 Å². The van der Waals surface area contributed by atoms with Gasteiger partial charge < -0.3 is 4.98 Å². The van der Waals surface area contributed by atoms with E-state index >= 15 is 0 Å². The molecule has 0 aliphatic rings. The number of rotatable bonds is 4. The van der Waals surface area contributed by atoms with Crippen molar-refractivity contribution in [2.75, 3.05) is 0 Å². The summed E-state index contributed by atoms with van der Waals surface area (Å²) in [5, 5.41) is 9.20. The molecule has 0 saturated heterocycles. The molecule has 0 aliphatic heterocycles. The first-order chi connectivity index (χ1) is 15.7. The van der Waals surface area contributed by atoms with Crippen LogP contribution in [0.4, 0.5) is 4.39 Å². The summed E-state index contributed by atoms with van der Waals surface area (Å²) in [6.07, 6.45) is 8.89. The maximum atomic E-state index is 14.4. The minimum Gasteiger partial charge on any atom is -0.335 e. The number of fused-ring (bicyclic) bond motifs is 1. The molecule has 0 amide bonds. The molecule has 0 spiro atoms. The summed E-state index contributed by atoms with van der Waals surface area (Å²) in [7, 11) is 0. The third-order valence-corrected chi connectivity index (χ3v) is 5.22. The van der Waals surface area contributed by atoms with Crippen LogP contribution in [0.15, 0.2) is 67.6 Å². The van der Waals surface area contributed by atoms with Crippen molar-refractivity contribution in [3.05, 3.63) is 89.7 Å². The molecule has 0 atom stereocenters. The SMILES string of the molecule is C=C(/C=c1/c(-c2nc3c(-c4ccccc4F)cncc3[nH]2)n[nH]/c1=C/C)c1ccccn1. The Kier molecular flexibility index (Phi) is 4.91. The first kappa shape index (κ1) is 19.6. The molecule has 5 aromatic rings. The molecule has 0 aliphatic carbocycles. The smallest absolute Gasteiger partial charge is 0.159 e. The van der Waals surface area contributed by atoms with Crippen LogP contribution in [0.5, 0.6) is 0 Å². The number of hydrogen-bond acceptors (Lipinski definition) is 4. The predicted octanol–water partition coefficient (Wildman–Crippen LogP) is 3.84. The summed E-state index contributed by atoms with van der Waals surface area (Å²) < 4.78 is 14.4. The first-order valence-electron chi connectivity index (χ1n) is 10.1. The summed E-state index contributed by atoms with van der Waals surface area (Å²) >= 11 is 0. The highest BCUT2D eigenvalue weighted by molar-refractivity contribution is 5.93. The standard InChI is InChI=1S/C25H19FN6/c1-3-20-17(12-15(2)21-10-6-7-11-28-21)24(32-31-20)25-29-22-14-27-13-18(23(22)30-25)16-8-4-5-9-19(16)26/h3-14,31H,2H2,1H3,(H,29,30)/b17-12+,20-3+. The normalized spacial score (nSPS) is 12.6. The molecule has 0 fully saturated rings. The van der Waals surface area contributed by atoms with E-state index in [4.69, 9.17) is 4.98 Å². The van der Waals surface area contributed by atoms with Crippen molar-refractivity contribution in [3.63, 3.8) is 0 Å². The number of nitrogens with one attached hydrogen (secondary N) is 2. The highest BCUT2D eigenvalue weighted by Gasteiger charge is 2.16. The number of aromatic nitrogens is 6. The summed E-state index contributed by atoms with van der Waals surface area (Å²) in [5.74, 6) is 0.227. The van der Waals surface area contributed by atoms with Gasteiger partial charge in [-0.2, -0.15) is 5.10 Å². The number of nitrogens with zero attached hydrogens (tertiary/aromatic N) is 4. The van der Waals surface area contributed by atoms with Gasteiger partial charge in [0.05, 0.1) is 22.8 Å². The van der Waals surface area contributed by atoms with E-state index in [1.807, 2.05) is 37.3 Å². The van der Waals surface area contributed by atoms with E-state index in [1.54, 1.807) is 36.8 Å². The van der Waals surface area contributed by atoms with E-state index in [0.29, 0.717) is 33.7 Å². The lowest BCUT2D eigenvalue weighted by Crippen LogP contribution is -2.23. The van der Waals surface area contributed by atoms with E-state index < -0.39 is 0 Å². The molecule has 4 aromatic heterocycles. The van der Waals surface area contributed by atoms with Crippen LogP contribution in [0.2, 0.25) is 0 Å². The topological polar surface area (TPSA) is 83.1 Å². The van der Waals surface area contributed by atoms with Crippen LogP contribution >= 0.6 is 0 Å². The summed E-state index contributed by atoms with van der Waals surface area (Å²) in [6, 6.07) is 12.3. The second kappa shape index (κ2) is 8.03. The molecule has 7 heteroatoms. The average Bonchev–Trinajstić information content (AvgIpc) is 3.43. The van der Waals surface area contributed by atoms with Crippen LogP contribution < -0.4 is 10.6 Å². The number of H-pyrrole nitrogens is 2. The summed E-state index contributed by atoms with van der Waals surface area (Å²) in [4.78, 5) is 16.7. The van der Waals surface area contributed by atoms with Crippen molar-refractivity contribution in [2.24, 2.45) is 0 Å². The number of allylic oxidation sites excluding steroid dienone is 1. The Bertz CT molecular complexity index is 1560. The van der Waals surface area contributed by atoms with Gasteiger partial charge in [-0.1, -0.05) is 36.9 Å². The van der Waals surface area contributed by atoms with Gasteiger partial charge in [0.2, 0.25) is 0 Å². The molecule has 4 heterocycles. The molecule has 0 bridgehead atoms. The van der Waals surface area contributed by atoms with Gasteiger partial charge in [0.25, 0.3) is 0 Å². The second-order valence-corrected chi connectivity index (χ2v) is 7.22. The van der Waals surface area contributed by atoms with E-state index in [-0.39, 0.29) is 5.82 Å². The van der Waals surface area contributed by atoms with Gasteiger partial charge in [0, 0.05) is 28.7 Å². The number of halogens is 1. The van der Waals surface area contributed by atoms with E-state index in [0.717, 1.165) is 21.8 Å². The molecule has 156 valence electrons. The summed E-state index contributed by atoms with van der Waals surface area (Å²) in [5.41, 5.74) is 4.54. The van der Waals surface area contributed by atoms with Gasteiger partial charge in [0.15, 0.2) is 5.82 Å². The van der Waals surface area contributed by atoms with Gasteiger partial charge >= 0.3 is 0 Å².